The highest BCUT2D eigenvalue weighted by molar-refractivity contribution is 7.89. The summed E-state index contributed by atoms with van der Waals surface area (Å²) < 4.78 is 27.4. The number of carbonyl (C=O) groups is 2. The van der Waals surface area contributed by atoms with E-state index >= 15 is 0 Å². The van der Waals surface area contributed by atoms with Crippen LogP contribution in [0.2, 0.25) is 0 Å². The summed E-state index contributed by atoms with van der Waals surface area (Å²) in [5.74, 6) is -0.568. The van der Waals surface area contributed by atoms with E-state index < -0.39 is 10.0 Å². The Morgan fingerprint density at radius 2 is 1.68 bits per heavy atom. The van der Waals surface area contributed by atoms with Crippen LogP contribution in [-0.4, -0.2) is 79.9 Å². The lowest BCUT2D eigenvalue weighted by molar-refractivity contribution is -0.132. The zero-order valence-corrected chi connectivity index (χ0v) is 20.0. The fourth-order valence-electron chi connectivity index (χ4n) is 3.96. The van der Waals surface area contributed by atoms with Crippen LogP contribution >= 0.6 is 0 Å². The van der Waals surface area contributed by atoms with Crippen LogP contribution in [0.4, 0.5) is 5.69 Å². The van der Waals surface area contributed by atoms with Crippen LogP contribution < -0.4 is 5.32 Å². The molecule has 1 N–H and O–H groups in total. The van der Waals surface area contributed by atoms with E-state index in [1.807, 2.05) is 37.4 Å². The van der Waals surface area contributed by atoms with Crippen LogP contribution in [0, 0.1) is 0 Å². The molecule has 0 aliphatic carbocycles. The van der Waals surface area contributed by atoms with E-state index in [4.69, 9.17) is 0 Å². The third-order valence-electron chi connectivity index (χ3n) is 5.98. The Labute approximate surface area is 200 Å². The number of sulfonamides is 1. The first kappa shape index (κ1) is 24.1. The zero-order chi connectivity index (χ0) is 24.1. The number of amides is 2. The molecule has 180 valence electrons. The fraction of sp³-hybridized carbons (Fsp3) is 0.375. The number of hydrogen-bond donors (Lipinski definition) is 1. The number of benzene rings is 2. The number of carbonyl (C=O) groups excluding carboxylic acids is 2. The van der Waals surface area contributed by atoms with Crippen molar-refractivity contribution in [3.63, 3.8) is 0 Å². The number of anilines is 1. The minimum Gasteiger partial charge on any atom is -0.326 e. The maximum absolute atomic E-state index is 13.0. The first-order chi connectivity index (χ1) is 16.3. The molecule has 9 nitrogen and oxygen atoms in total. The number of hydrazone groups is 1. The number of nitrogens with zero attached hydrogens (tertiary/aromatic N) is 4. The van der Waals surface area contributed by atoms with Gasteiger partial charge in [0, 0.05) is 51.1 Å². The molecule has 4 rings (SSSR count). The first-order valence-electron chi connectivity index (χ1n) is 11.3. The molecule has 34 heavy (non-hydrogen) atoms. The standard InChI is InChI=1S/C24H29N5O4S/c1-27-14-16-28(17-15-27)34(32,33)21-9-5-8-20(18-21)25-23(30)10-11-24(31)29-13-12-22(26-29)19-6-3-2-4-7-19/h2-9,18H,10-17H2,1H3,(H,25,30). The molecule has 1 fully saturated rings. The van der Waals surface area contributed by atoms with Gasteiger partial charge in [0.15, 0.2) is 0 Å². The van der Waals surface area contributed by atoms with Crippen LogP contribution in [-0.2, 0) is 19.6 Å². The molecule has 0 spiro atoms. The van der Waals surface area contributed by atoms with E-state index in [0.29, 0.717) is 44.8 Å². The lowest BCUT2D eigenvalue weighted by atomic mass is 10.1. The number of likely N-dealkylation sites (N-methyl/N-ethyl adjacent to an activating group) is 1. The topological polar surface area (TPSA) is 102 Å². The van der Waals surface area contributed by atoms with Gasteiger partial charge in [-0.3, -0.25) is 9.59 Å². The SMILES string of the molecule is CN1CCN(S(=O)(=O)c2cccc(NC(=O)CCC(=O)N3CCC(c4ccccc4)=N3)c2)CC1. The van der Waals surface area contributed by atoms with Gasteiger partial charge < -0.3 is 10.2 Å². The van der Waals surface area contributed by atoms with E-state index in [2.05, 4.69) is 15.3 Å². The summed E-state index contributed by atoms with van der Waals surface area (Å²) in [6.45, 7) is 2.72. The first-order valence-corrected chi connectivity index (χ1v) is 12.8. The molecule has 2 aromatic rings. The summed E-state index contributed by atoms with van der Waals surface area (Å²) in [6, 6.07) is 15.9. The average molecular weight is 484 g/mol. The van der Waals surface area contributed by atoms with Gasteiger partial charge in [0.2, 0.25) is 21.8 Å². The predicted molar refractivity (Wildman–Crippen MR) is 130 cm³/mol. The Morgan fingerprint density at radius 3 is 2.41 bits per heavy atom. The van der Waals surface area contributed by atoms with Gasteiger partial charge in [-0.05, 0) is 30.8 Å². The summed E-state index contributed by atoms with van der Waals surface area (Å²) in [6.07, 6.45) is 0.689. The van der Waals surface area contributed by atoms with E-state index in [-0.39, 0.29) is 29.6 Å². The summed E-state index contributed by atoms with van der Waals surface area (Å²) in [4.78, 5) is 27.2. The lowest BCUT2D eigenvalue weighted by Crippen LogP contribution is -2.47. The Bertz CT molecular complexity index is 1170. The van der Waals surface area contributed by atoms with Gasteiger partial charge in [-0.1, -0.05) is 36.4 Å². The smallest absolute Gasteiger partial charge is 0.243 e. The van der Waals surface area contributed by atoms with Gasteiger partial charge in [-0.15, -0.1) is 0 Å². The Hall–Kier alpha value is -3.08. The predicted octanol–water partition coefficient (Wildman–Crippen LogP) is 1.98. The van der Waals surface area contributed by atoms with E-state index in [9.17, 15) is 18.0 Å². The highest BCUT2D eigenvalue weighted by Gasteiger charge is 2.28. The van der Waals surface area contributed by atoms with Gasteiger partial charge in [-0.25, -0.2) is 13.4 Å². The maximum atomic E-state index is 13.0. The monoisotopic (exact) mass is 483 g/mol. The van der Waals surface area contributed by atoms with Gasteiger partial charge >= 0.3 is 0 Å². The molecule has 0 unspecified atom stereocenters. The third-order valence-corrected chi connectivity index (χ3v) is 7.88. The van der Waals surface area contributed by atoms with Gasteiger partial charge in [0.05, 0.1) is 17.2 Å². The number of piperazine rings is 1. The summed E-state index contributed by atoms with van der Waals surface area (Å²) in [5.41, 5.74) is 2.23. The van der Waals surface area contributed by atoms with Crippen LogP contribution in [0.5, 0.6) is 0 Å². The molecule has 0 radical (unpaired) electrons. The molecular weight excluding hydrogens is 454 g/mol. The Kier molecular flexibility index (Phi) is 7.40. The minimum absolute atomic E-state index is 0.0129. The molecule has 0 aromatic heterocycles. The average Bonchev–Trinajstić information content (AvgIpc) is 3.34. The largest absolute Gasteiger partial charge is 0.326 e. The van der Waals surface area contributed by atoms with Crippen molar-refractivity contribution in [1.82, 2.24) is 14.2 Å². The molecule has 2 aliphatic rings. The third kappa shape index (κ3) is 5.69. The lowest BCUT2D eigenvalue weighted by Gasteiger charge is -2.31. The van der Waals surface area contributed by atoms with Crippen molar-refractivity contribution >= 4 is 33.2 Å². The normalized spacial score (nSPS) is 17.4. The summed E-state index contributed by atoms with van der Waals surface area (Å²) in [7, 11) is -1.67. The summed E-state index contributed by atoms with van der Waals surface area (Å²) >= 11 is 0. The molecule has 0 bridgehead atoms. The van der Waals surface area contributed by atoms with Crippen LogP contribution in [0.15, 0.2) is 64.6 Å². The van der Waals surface area contributed by atoms with Crippen LogP contribution in [0.1, 0.15) is 24.8 Å². The molecule has 0 saturated carbocycles. The molecule has 2 aromatic carbocycles. The van der Waals surface area contributed by atoms with Crippen molar-refractivity contribution in [2.24, 2.45) is 5.10 Å². The van der Waals surface area contributed by atoms with Gasteiger partial charge in [0.25, 0.3) is 0 Å². The van der Waals surface area contributed by atoms with Crippen molar-refractivity contribution in [1.29, 1.82) is 0 Å². The minimum atomic E-state index is -3.63. The molecule has 0 atom stereocenters. The quantitative estimate of drug-likeness (QED) is 0.649. The van der Waals surface area contributed by atoms with Crippen LogP contribution in [0.25, 0.3) is 0 Å². The molecule has 2 amide bonds. The Morgan fingerprint density at radius 1 is 0.941 bits per heavy atom. The highest BCUT2D eigenvalue weighted by Crippen LogP contribution is 2.21. The van der Waals surface area contributed by atoms with Crippen molar-refractivity contribution < 1.29 is 18.0 Å². The van der Waals surface area contributed by atoms with Crippen molar-refractivity contribution in [3.05, 3.63) is 60.2 Å². The van der Waals surface area contributed by atoms with E-state index in [1.54, 1.807) is 12.1 Å². The van der Waals surface area contributed by atoms with E-state index in [1.165, 1.54) is 21.4 Å². The van der Waals surface area contributed by atoms with Gasteiger partial charge in [-0.2, -0.15) is 9.41 Å². The maximum Gasteiger partial charge on any atom is 0.243 e. The Balaban J connectivity index is 1.31. The molecular formula is C24H29N5O4S. The molecule has 10 heteroatoms. The van der Waals surface area contributed by atoms with Crippen LogP contribution in [0.3, 0.4) is 0 Å². The van der Waals surface area contributed by atoms with E-state index in [0.717, 1.165) is 11.3 Å². The van der Waals surface area contributed by atoms with Crippen molar-refractivity contribution in [3.8, 4) is 0 Å². The molecule has 2 heterocycles. The van der Waals surface area contributed by atoms with Crippen molar-refractivity contribution in [2.45, 2.75) is 24.2 Å². The number of hydrogen-bond acceptors (Lipinski definition) is 6. The number of rotatable bonds is 7. The molecule has 2 aliphatic heterocycles. The fourth-order valence-corrected chi connectivity index (χ4v) is 5.42. The van der Waals surface area contributed by atoms with Crippen molar-refractivity contribution in [2.75, 3.05) is 45.1 Å². The second kappa shape index (κ2) is 10.5. The zero-order valence-electron chi connectivity index (χ0n) is 19.2. The second-order valence-electron chi connectivity index (χ2n) is 8.46. The highest BCUT2D eigenvalue weighted by atomic mass is 32.2. The summed E-state index contributed by atoms with van der Waals surface area (Å²) in [5, 5.41) is 8.53. The van der Waals surface area contributed by atoms with Gasteiger partial charge in [0.1, 0.15) is 0 Å². The second-order valence-corrected chi connectivity index (χ2v) is 10.4. The molecule has 1 saturated heterocycles. The number of nitrogens with one attached hydrogen (secondary N) is 1.